The highest BCUT2D eigenvalue weighted by atomic mass is 19.1. The van der Waals surface area contributed by atoms with Crippen molar-refractivity contribution in [3.8, 4) is 0 Å². The summed E-state index contributed by atoms with van der Waals surface area (Å²) in [7, 11) is 0. The fraction of sp³-hybridized carbons (Fsp3) is 0.333. The van der Waals surface area contributed by atoms with E-state index in [9.17, 15) is 14.0 Å². The van der Waals surface area contributed by atoms with E-state index in [-0.39, 0.29) is 24.4 Å². The lowest BCUT2D eigenvalue weighted by Gasteiger charge is -2.25. The average molecular weight is 395 g/mol. The van der Waals surface area contributed by atoms with E-state index in [0.29, 0.717) is 30.4 Å². The Morgan fingerprint density at radius 1 is 1.24 bits per heavy atom. The highest BCUT2D eigenvalue weighted by molar-refractivity contribution is 5.95. The van der Waals surface area contributed by atoms with Gasteiger partial charge in [-0.25, -0.2) is 14.1 Å². The molecule has 0 unspecified atom stereocenters. The molecule has 0 aromatic heterocycles. The zero-order valence-electron chi connectivity index (χ0n) is 16.9. The summed E-state index contributed by atoms with van der Waals surface area (Å²) in [6.07, 6.45) is 2.47. The molecule has 0 N–H and O–H groups in total. The van der Waals surface area contributed by atoms with Crippen LogP contribution in [0.3, 0.4) is 0 Å². The highest BCUT2D eigenvalue weighted by Gasteiger charge is 2.40. The smallest absolute Gasteiger partial charge is 0.416 e. The molecule has 1 saturated heterocycles. The van der Waals surface area contributed by atoms with Crippen molar-refractivity contribution < 1.29 is 18.7 Å². The molecule has 1 aliphatic heterocycles. The SMILES string of the molecule is C=CC[C@@H](Cc1cc(C)c(F)c(C)c1)C(=O)N1C(=O)OC[C@H]1Cc1ccccc1. The monoisotopic (exact) mass is 395 g/mol. The minimum atomic E-state index is -0.600. The summed E-state index contributed by atoms with van der Waals surface area (Å²) in [5, 5.41) is 0. The molecule has 2 aromatic rings. The standard InChI is InChI=1S/C24H26FNO3/c1-4-8-20(13-19-11-16(2)22(25)17(3)12-19)23(27)26-21(15-29-24(26)28)14-18-9-6-5-7-10-18/h4-7,9-12,20-21H,1,8,13-15H2,2-3H3/t20-,21+/m0/s1. The van der Waals surface area contributed by atoms with Crippen molar-refractivity contribution in [1.29, 1.82) is 0 Å². The molecule has 0 saturated carbocycles. The molecule has 1 fully saturated rings. The normalized spacial score (nSPS) is 17.1. The van der Waals surface area contributed by atoms with Crippen molar-refractivity contribution in [2.45, 2.75) is 39.2 Å². The van der Waals surface area contributed by atoms with Gasteiger partial charge in [0.05, 0.1) is 6.04 Å². The molecule has 2 amide bonds. The third-order valence-electron chi connectivity index (χ3n) is 5.29. The minimum Gasteiger partial charge on any atom is -0.447 e. The van der Waals surface area contributed by atoms with Crippen molar-refractivity contribution >= 4 is 12.0 Å². The van der Waals surface area contributed by atoms with Crippen LogP contribution < -0.4 is 0 Å². The second-order valence-corrected chi connectivity index (χ2v) is 7.60. The van der Waals surface area contributed by atoms with E-state index in [2.05, 4.69) is 6.58 Å². The number of rotatable bonds is 7. The lowest BCUT2D eigenvalue weighted by Crippen LogP contribution is -2.44. The number of hydrogen-bond donors (Lipinski definition) is 0. The molecule has 29 heavy (non-hydrogen) atoms. The van der Waals surface area contributed by atoms with Crippen LogP contribution in [-0.4, -0.2) is 29.5 Å². The quantitative estimate of drug-likeness (QED) is 0.635. The number of halogens is 1. The lowest BCUT2D eigenvalue weighted by molar-refractivity contribution is -0.133. The number of aryl methyl sites for hydroxylation is 2. The van der Waals surface area contributed by atoms with Gasteiger partial charge >= 0.3 is 6.09 Å². The number of cyclic esters (lactones) is 1. The number of benzene rings is 2. The average Bonchev–Trinajstić information content (AvgIpc) is 3.06. The molecule has 1 aliphatic rings. The molecule has 0 spiro atoms. The maximum absolute atomic E-state index is 14.0. The zero-order valence-corrected chi connectivity index (χ0v) is 16.9. The molecule has 5 heteroatoms. The van der Waals surface area contributed by atoms with Crippen molar-refractivity contribution in [3.05, 3.63) is 83.2 Å². The third kappa shape index (κ3) is 4.73. The van der Waals surface area contributed by atoms with Crippen LogP contribution in [0.25, 0.3) is 0 Å². The molecular formula is C24H26FNO3. The van der Waals surface area contributed by atoms with Crippen LogP contribution in [0.5, 0.6) is 0 Å². The summed E-state index contributed by atoms with van der Waals surface area (Å²) in [5.41, 5.74) is 3.01. The van der Waals surface area contributed by atoms with Crippen LogP contribution in [0, 0.1) is 25.6 Å². The first kappa shape index (κ1) is 20.8. The van der Waals surface area contributed by atoms with Gasteiger partial charge in [0.2, 0.25) is 5.91 Å². The summed E-state index contributed by atoms with van der Waals surface area (Å²) in [6.45, 7) is 7.37. The summed E-state index contributed by atoms with van der Waals surface area (Å²) >= 11 is 0. The first-order chi connectivity index (χ1) is 13.9. The van der Waals surface area contributed by atoms with Crippen LogP contribution in [0.1, 0.15) is 28.7 Å². The fourth-order valence-corrected chi connectivity index (χ4v) is 3.87. The maximum Gasteiger partial charge on any atom is 0.416 e. The fourth-order valence-electron chi connectivity index (χ4n) is 3.87. The Balaban J connectivity index is 1.81. The molecule has 4 nitrogen and oxygen atoms in total. The van der Waals surface area contributed by atoms with E-state index < -0.39 is 12.0 Å². The predicted molar refractivity (Wildman–Crippen MR) is 110 cm³/mol. The largest absolute Gasteiger partial charge is 0.447 e. The van der Waals surface area contributed by atoms with Gasteiger partial charge in [-0.1, -0.05) is 48.5 Å². The summed E-state index contributed by atoms with van der Waals surface area (Å²) < 4.78 is 19.2. The van der Waals surface area contributed by atoms with Gasteiger partial charge < -0.3 is 4.74 Å². The van der Waals surface area contributed by atoms with Crippen LogP contribution in [0.4, 0.5) is 9.18 Å². The van der Waals surface area contributed by atoms with Gasteiger partial charge in [0, 0.05) is 5.92 Å². The summed E-state index contributed by atoms with van der Waals surface area (Å²) in [5.74, 6) is -0.958. The molecule has 1 heterocycles. The van der Waals surface area contributed by atoms with Gasteiger partial charge in [-0.15, -0.1) is 6.58 Å². The Labute approximate surface area is 171 Å². The van der Waals surface area contributed by atoms with Gasteiger partial charge in [-0.05, 0) is 55.4 Å². The molecule has 3 rings (SSSR count). The second-order valence-electron chi connectivity index (χ2n) is 7.60. The summed E-state index contributed by atoms with van der Waals surface area (Å²) in [4.78, 5) is 26.9. The molecule has 0 aliphatic carbocycles. The van der Waals surface area contributed by atoms with Crippen molar-refractivity contribution in [1.82, 2.24) is 4.90 Å². The van der Waals surface area contributed by atoms with Crippen molar-refractivity contribution in [2.24, 2.45) is 5.92 Å². The van der Waals surface area contributed by atoms with E-state index in [0.717, 1.165) is 11.1 Å². The van der Waals surface area contributed by atoms with E-state index in [4.69, 9.17) is 4.74 Å². The number of carbonyl (C=O) groups excluding carboxylic acids is 2. The van der Waals surface area contributed by atoms with E-state index in [1.807, 2.05) is 30.3 Å². The number of amides is 2. The van der Waals surface area contributed by atoms with Crippen LogP contribution >= 0.6 is 0 Å². The Hall–Kier alpha value is -2.95. The van der Waals surface area contributed by atoms with Crippen LogP contribution in [-0.2, 0) is 22.4 Å². The summed E-state index contributed by atoms with van der Waals surface area (Å²) in [6, 6.07) is 12.9. The van der Waals surface area contributed by atoms with Gasteiger partial charge in [0.25, 0.3) is 0 Å². The molecule has 2 aromatic carbocycles. The lowest BCUT2D eigenvalue weighted by atomic mass is 9.92. The minimum absolute atomic E-state index is 0.190. The molecule has 0 radical (unpaired) electrons. The Morgan fingerprint density at radius 3 is 2.52 bits per heavy atom. The highest BCUT2D eigenvalue weighted by Crippen LogP contribution is 2.25. The topological polar surface area (TPSA) is 46.6 Å². The van der Waals surface area contributed by atoms with Gasteiger partial charge in [0.15, 0.2) is 0 Å². The van der Waals surface area contributed by atoms with E-state index in [1.165, 1.54) is 4.90 Å². The van der Waals surface area contributed by atoms with Gasteiger partial charge in [0.1, 0.15) is 12.4 Å². The first-order valence-electron chi connectivity index (χ1n) is 9.81. The van der Waals surface area contributed by atoms with Gasteiger partial charge in [-0.3, -0.25) is 4.79 Å². The van der Waals surface area contributed by atoms with Crippen LogP contribution in [0.15, 0.2) is 55.1 Å². The second kappa shape index (κ2) is 9.03. The molecular weight excluding hydrogens is 369 g/mol. The van der Waals surface area contributed by atoms with E-state index in [1.54, 1.807) is 32.1 Å². The van der Waals surface area contributed by atoms with Crippen molar-refractivity contribution in [2.75, 3.05) is 6.61 Å². The first-order valence-corrected chi connectivity index (χ1v) is 9.81. The number of ether oxygens (including phenoxy) is 1. The number of imide groups is 1. The Kier molecular flexibility index (Phi) is 6.47. The Morgan fingerprint density at radius 2 is 1.90 bits per heavy atom. The van der Waals surface area contributed by atoms with Gasteiger partial charge in [-0.2, -0.15) is 0 Å². The maximum atomic E-state index is 14.0. The predicted octanol–water partition coefficient (Wildman–Crippen LogP) is 4.77. The number of hydrogen-bond acceptors (Lipinski definition) is 3. The van der Waals surface area contributed by atoms with Crippen molar-refractivity contribution in [3.63, 3.8) is 0 Å². The molecule has 0 bridgehead atoms. The van der Waals surface area contributed by atoms with E-state index >= 15 is 0 Å². The number of nitrogens with zero attached hydrogens (tertiary/aromatic N) is 1. The number of carbonyl (C=O) groups is 2. The third-order valence-corrected chi connectivity index (χ3v) is 5.29. The Bertz CT molecular complexity index is 887. The number of allylic oxidation sites excluding steroid dienone is 1. The van der Waals surface area contributed by atoms with Crippen LogP contribution in [0.2, 0.25) is 0 Å². The molecule has 152 valence electrons. The molecule has 2 atom stereocenters. The zero-order chi connectivity index (χ0) is 21.0.